The van der Waals surface area contributed by atoms with E-state index in [0.717, 1.165) is 34.2 Å². The van der Waals surface area contributed by atoms with Crippen molar-refractivity contribution in [1.82, 2.24) is 29.1 Å². The topological polar surface area (TPSA) is 87.6 Å². The van der Waals surface area contributed by atoms with Crippen LogP contribution in [-0.2, 0) is 28.7 Å². The minimum atomic E-state index is -0.226. The molecule has 0 aromatic carbocycles. The first kappa shape index (κ1) is 26.8. The molecule has 29 heavy (non-hydrogen) atoms. The standard InChI is InChI=1S/C15H21BN6.CCl.2CHO.Mo/c1-10-7-13(4)20(17-10)16(21-14(5)8-11(2)18-21)22-15(6)9-12(3)19-22;3*1-2;/h7-9H,1-6H3;;2*1H;/q-1;;2*-1;+1. The monoisotopic (exact) mass is 499 g/mol. The van der Waals surface area contributed by atoms with E-state index in [1.54, 1.807) is 19.2 Å². The Morgan fingerprint density at radius 1 is 0.759 bits per heavy atom. The van der Waals surface area contributed by atoms with Crippen LogP contribution in [0.1, 0.15) is 34.2 Å². The fraction of sp³-hybridized carbons (Fsp3) is 0.333. The Balaban J connectivity index is 0.00000100. The van der Waals surface area contributed by atoms with Crippen LogP contribution in [0.5, 0.6) is 0 Å². The summed E-state index contributed by atoms with van der Waals surface area (Å²) in [5, 5.41) is 14.0. The molecule has 0 aliphatic rings. The average molecular weight is 498 g/mol. The van der Waals surface area contributed by atoms with Gasteiger partial charge in [-0.3, -0.25) is 13.6 Å². The number of carbonyl (C=O) groups excluding carboxylic acids is 2. The van der Waals surface area contributed by atoms with Crippen LogP contribution in [0.2, 0.25) is 0 Å². The third-order valence-corrected chi connectivity index (χ3v) is 3.79. The zero-order valence-corrected chi connectivity index (χ0v) is 20.0. The van der Waals surface area contributed by atoms with Gasteiger partial charge < -0.3 is 23.4 Å². The predicted octanol–water partition coefficient (Wildman–Crippen LogP) is 2.20. The molecule has 11 heteroatoms. The first-order chi connectivity index (χ1) is 13.8. The van der Waals surface area contributed by atoms with E-state index in [1.807, 2.05) is 34.5 Å². The van der Waals surface area contributed by atoms with Crippen LogP contribution in [0.15, 0.2) is 18.2 Å². The van der Waals surface area contributed by atoms with Gasteiger partial charge in [0.2, 0.25) is 0 Å². The van der Waals surface area contributed by atoms with E-state index in [-0.39, 0.29) is 7.12 Å². The summed E-state index contributed by atoms with van der Waals surface area (Å²) in [6.07, 6.45) is 0. The number of hydrogen-bond donors (Lipinski definition) is 0. The number of rotatable bonds is 3. The van der Waals surface area contributed by atoms with Crippen molar-refractivity contribution in [2.75, 3.05) is 0 Å². The largest absolute Gasteiger partial charge is 0.545 e. The quantitative estimate of drug-likeness (QED) is 0.315. The second kappa shape index (κ2) is 13.1. The molecule has 0 bridgehead atoms. The first-order valence-corrected chi connectivity index (χ1v) is 9.69. The molecule has 0 fully saturated rings. The SMILES string of the molecule is Cc1cc(C)n([B-](n2nc(C)cc2C)n2nc(C)cc2C)n1.Cl[C]#[Mo+].[CH-]=O.[CH-]=O. The summed E-state index contributed by atoms with van der Waals surface area (Å²) in [6, 6.07) is 6.22. The molecule has 0 N–H and O–H groups in total. The van der Waals surface area contributed by atoms with Crippen molar-refractivity contribution >= 4 is 32.3 Å². The molecule has 0 aliphatic carbocycles. The molecule has 0 aliphatic heterocycles. The molecule has 1 radical (unpaired) electrons. The van der Waals surface area contributed by atoms with Gasteiger partial charge in [-0.15, -0.1) is 0 Å². The summed E-state index contributed by atoms with van der Waals surface area (Å²) >= 11 is 6.34. The van der Waals surface area contributed by atoms with Crippen LogP contribution < -0.4 is 0 Å². The van der Waals surface area contributed by atoms with E-state index < -0.39 is 0 Å². The molecule has 0 amide bonds. The van der Waals surface area contributed by atoms with Crippen LogP contribution >= 0.6 is 11.6 Å². The Hall–Kier alpha value is -2.21. The molecule has 3 aromatic heterocycles. The van der Waals surface area contributed by atoms with Gasteiger partial charge in [0.05, 0.1) is 17.1 Å². The van der Waals surface area contributed by atoms with Gasteiger partial charge in [-0.25, -0.2) is 15.3 Å². The Kier molecular flexibility index (Phi) is 12.1. The molecule has 0 spiro atoms. The number of halogens is 1. The zero-order valence-electron chi connectivity index (χ0n) is 17.3. The van der Waals surface area contributed by atoms with Gasteiger partial charge >= 0.3 is 34.4 Å². The van der Waals surface area contributed by atoms with Crippen LogP contribution in [0.4, 0.5) is 0 Å². The maximum atomic E-state index is 7.75. The van der Waals surface area contributed by atoms with Crippen molar-refractivity contribution in [2.24, 2.45) is 0 Å². The predicted molar refractivity (Wildman–Crippen MR) is 110 cm³/mol. The Labute approximate surface area is 187 Å². The van der Waals surface area contributed by atoms with E-state index in [1.165, 1.54) is 0 Å². The van der Waals surface area contributed by atoms with Gasteiger partial charge in [0.15, 0.2) is 0 Å². The number of nitrogens with zero attached hydrogens (tertiary/aromatic N) is 6. The van der Waals surface area contributed by atoms with Gasteiger partial charge in [-0.2, -0.15) is 0 Å². The maximum Gasteiger partial charge on any atom is -0.282 e. The molecule has 3 aromatic rings. The molecule has 3 heterocycles. The fourth-order valence-electron chi connectivity index (χ4n) is 2.95. The maximum absolute atomic E-state index is 7.75. The first-order valence-electron chi connectivity index (χ1n) is 8.31. The molecule has 8 nitrogen and oxygen atoms in total. The van der Waals surface area contributed by atoms with Crippen molar-refractivity contribution in [3.05, 3.63) is 52.4 Å². The van der Waals surface area contributed by atoms with Crippen molar-refractivity contribution in [2.45, 2.75) is 41.5 Å². The zero-order chi connectivity index (χ0) is 22.7. The third-order valence-electron chi connectivity index (χ3n) is 3.79. The number of aryl methyl sites for hydroxylation is 6. The second-order valence-electron chi connectivity index (χ2n) is 6.04. The van der Waals surface area contributed by atoms with Crippen LogP contribution in [0.3, 0.4) is 0 Å². The van der Waals surface area contributed by atoms with Crippen molar-refractivity contribution in [1.29, 1.82) is 0 Å². The van der Waals surface area contributed by atoms with E-state index in [4.69, 9.17) is 21.2 Å². The summed E-state index contributed by atoms with van der Waals surface area (Å²) in [5.41, 5.74) is 6.23. The molecule has 0 unspecified atom stereocenters. The third kappa shape index (κ3) is 6.96. The van der Waals surface area contributed by atoms with Crippen LogP contribution in [-0.4, -0.2) is 49.8 Å². The summed E-state index contributed by atoms with van der Waals surface area (Å²) in [5.74, 6) is 0. The molecule has 0 saturated carbocycles. The van der Waals surface area contributed by atoms with Crippen molar-refractivity contribution in [3.63, 3.8) is 0 Å². The minimum Gasteiger partial charge on any atom is -0.545 e. The minimum absolute atomic E-state index is 0.226. The Morgan fingerprint density at radius 2 is 0.966 bits per heavy atom. The number of hydrogen-bond acceptors (Lipinski definition) is 5. The van der Waals surface area contributed by atoms with E-state index in [0.29, 0.717) is 0 Å². The summed E-state index contributed by atoms with van der Waals surface area (Å²) in [4.78, 5) is 15.5. The van der Waals surface area contributed by atoms with Gasteiger partial charge in [0, 0.05) is 0 Å². The Morgan fingerprint density at radius 3 is 1.10 bits per heavy atom. The second-order valence-corrected chi connectivity index (χ2v) is 7.33. The normalized spacial score (nSPS) is 9.34. The van der Waals surface area contributed by atoms with Gasteiger partial charge in [0.1, 0.15) is 0 Å². The van der Waals surface area contributed by atoms with E-state index in [2.05, 4.69) is 71.5 Å². The Bertz CT molecular complexity index is 850. The van der Waals surface area contributed by atoms with Gasteiger partial charge in [0.25, 0.3) is 7.12 Å². The van der Waals surface area contributed by atoms with E-state index in [9.17, 15) is 0 Å². The van der Waals surface area contributed by atoms with Crippen LogP contribution in [0.25, 0.3) is 0 Å². The van der Waals surface area contributed by atoms with Crippen LogP contribution in [0, 0.1) is 45.2 Å². The molecule has 3 rings (SSSR count). The average Bonchev–Trinajstić information content (AvgIpc) is 3.30. The molecule has 0 atom stereocenters. The van der Waals surface area contributed by atoms with Crippen molar-refractivity contribution in [3.8, 4) is 3.66 Å². The summed E-state index contributed by atoms with van der Waals surface area (Å²) in [6.45, 7) is 18.7. The van der Waals surface area contributed by atoms with E-state index >= 15 is 0 Å². The molecular formula is C18H23BClMoN6O2-2. The fourth-order valence-corrected chi connectivity index (χ4v) is 2.95. The molecular weight excluding hydrogens is 474 g/mol. The molecule has 155 valence electrons. The number of aromatic nitrogens is 6. The van der Waals surface area contributed by atoms with Crippen molar-refractivity contribution < 1.29 is 28.7 Å². The van der Waals surface area contributed by atoms with Gasteiger partial charge in [-0.1, -0.05) is 0 Å². The summed E-state index contributed by atoms with van der Waals surface area (Å²) in [7, 11) is -0.226. The summed E-state index contributed by atoms with van der Waals surface area (Å²) < 4.78 is 8.17. The smallest absolute Gasteiger partial charge is 0.282 e. The molecule has 0 saturated heterocycles. The van der Waals surface area contributed by atoms with Gasteiger partial charge in [-0.05, 0) is 76.8 Å².